The van der Waals surface area contributed by atoms with Gasteiger partial charge in [0.15, 0.2) is 0 Å². The minimum atomic E-state index is -0.828. The Hall–Kier alpha value is -1.73. The summed E-state index contributed by atoms with van der Waals surface area (Å²) in [6.07, 6.45) is 3.18. The molecule has 0 radical (unpaired) electrons. The summed E-state index contributed by atoms with van der Waals surface area (Å²) in [5, 5.41) is 11.9. The molecule has 1 atom stereocenters. The van der Waals surface area contributed by atoms with E-state index in [0.29, 0.717) is 25.5 Å². The van der Waals surface area contributed by atoms with Gasteiger partial charge in [0.05, 0.1) is 7.11 Å². The largest absolute Gasteiger partial charge is 0.480 e. The molecule has 2 N–H and O–H groups in total. The van der Waals surface area contributed by atoms with Crippen molar-refractivity contribution >= 4 is 5.97 Å². The van der Waals surface area contributed by atoms with E-state index < -0.39 is 12.0 Å². The lowest BCUT2D eigenvalue weighted by Gasteiger charge is -2.31. The number of aliphatic carboxylic acids is 1. The van der Waals surface area contributed by atoms with Crippen LogP contribution in [0.2, 0.25) is 0 Å². The van der Waals surface area contributed by atoms with E-state index in [-0.39, 0.29) is 0 Å². The minimum Gasteiger partial charge on any atom is -0.480 e. The molecule has 2 heterocycles. The first-order valence-electron chi connectivity index (χ1n) is 5.73. The number of rotatable bonds is 4. The fourth-order valence-corrected chi connectivity index (χ4v) is 1.96. The summed E-state index contributed by atoms with van der Waals surface area (Å²) >= 11 is 0. The van der Waals surface area contributed by atoms with Crippen LogP contribution in [0.1, 0.15) is 5.69 Å². The van der Waals surface area contributed by atoms with Gasteiger partial charge >= 0.3 is 5.97 Å². The van der Waals surface area contributed by atoms with Crippen LogP contribution in [-0.4, -0.2) is 58.7 Å². The highest BCUT2D eigenvalue weighted by molar-refractivity contribution is 5.73. The predicted molar refractivity (Wildman–Crippen MR) is 63.3 cm³/mol. The number of nitrogens with zero attached hydrogens (tertiary/aromatic N) is 3. The second-order valence-electron chi connectivity index (χ2n) is 4.09. The molecular weight excluding hydrogens is 236 g/mol. The number of carboxylic acids is 1. The monoisotopic (exact) mass is 252 g/mol. The van der Waals surface area contributed by atoms with E-state index in [1.165, 1.54) is 0 Å². The van der Waals surface area contributed by atoms with Crippen molar-refractivity contribution in [2.45, 2.75) is 12.6 Å². The van der Waals surface area contributed by atoms with Gasteiger partial charge in [0.25, 0.3) is 0 Å². The molecule has 1 aromatic rings. The summed E-state index contributed by atoms with van der Waals surface area (Å²) in [5.74, 6) is -0.339. The van der Waals surface area contributed by atoms with Crippen molar-refractivity contribution in [3.05, 3.63) is 18.1 Å². The molecule has 1 saturated heterocycles. The molecule has 2 rings (SSSR count). The number of hydrogen-bond acceptors (Lipinski definition) is 6. The van der Waals surface area contributed by atoms with Crippen molar-refractivity contribution in [1.82, 2.24) is 20.2 Å². The smallest absolute Gasteiger partial charge is 0.322 e. The molecule has 7 heteroatoms. The molecule has 1 aromatic heterocycles. The molecule has 1 aliphatic rings. The zero-order chi connectivity index (χ0) is 13.0. The average Bonchev–Trinajstić information content (AvgIpc) is 2.39. The fraction of sp³-hybridized carbons (Fsp3) is 0.545. The molecule has 1 aliphatic heterocycles. The number of hydrogen-bond donors (Lipinski definition) is 2. The Morgan fingerprint density at radius 3 is 3.11 bits per heavy atom. The summed E-state index contributed by atoms with van der Waals surface area (Å²) in [4.78, 5) is 21.3. The number of carboxylic acid groups (broad SMARTS) is 1. The molecule has 7 nitrogen and oxygen atoms in total. The van der Waals surface area contributed by atoms with Gasteiger partial charge in [-0.15, -0.1) is 0 Å². The van der Waals surface area contributed by atoms with Gasteiger partial charge in [0, 0.05) is 38.6 Å². The van der Waals surface area contributed by atoms with Crippen LogP contribution in [0.25, 0.3) is 0 Å². The first kappa shape index (κ1) is 12.7. The van der Waals surface area contributed by atoms with E-state index in [9.17, 15) is 4.79 Å². The van der Waals surface area contributed by atoms with E-state index in [4.69, 9.17) is 9.84 Å². The Morgan fingerprint density at radius 2 is 2.39 bits per heavy atom. The third-order valence-electron chi connectivity index (χ3n) is 2.86. The predicted octanol–water partition coefficient (Wildman–Crippen LogP) is -0.656. The van der Waals surface area contributed by atoms with Crippen LogP contribution in [0.4, 0.5) is 0 Å². The molecule has 0 bridgehead atoms. The molecule has 1 unspecified atom stereocenters. The Kier molecular flexibility index (Phi) is 4.06. The van der Waals surface area contributed by atoms with E-state index in [1.54, 1.807) is 19.5 Å². The highest BCUT2D eigenvalue weighted by atomic mass is 16.5. The lowest BCUT2D eigenvalue weighted by molar-refractivity contribution is -0.140. The number of nitrogens with one attached hydrogen (secondary N) is 1. The van der Waals surface area contributed by atoms with Gasteiger partial charge in [0.2, 0.25) is 5.88 Å². The van der Waals surface area contributed by atoms with Crippen molar-refractivity contribution in [3.8, 4) is 5.88 Å². The topological polar surface area (TPSA) is 87.6 Å². The number of ether oxygens (including phenoxy) is 1. The van der Waals surface area contributed by atoms with E-state index >= 15 is 0 Å². The molecule has 0 amide bonds. The van der Waals surface area contributed by atoms with Crippen LogP contribution in [0.5, 0.6) is 5.88 Å². The Bertz CT molecular complexity index is 427. The summed E-state index contributed by atoms with van der Waals surface area (Å²) in [5.41, 5.74) is 0.728. The third-order valence-corrected chi connectivity index (χ3v) is 2.86. The van der Waals surface area contributed by atoms with Gasteiger partial charge in [0.1, 0.15) is 11.7 Å². The lowest BCUT2D eigenvalue weighted by Crippen LogP contribution is -2.53. The summed E-state index contributed by atoms with van der Waals surface area (Å²) < 4.78 is 5.13. The number of aromatic nitrogens is 2. The highest BCUT2D eigenvalue weighted by Gasteiger charge is 2.25. The normalized spacial score (nSPS) is 20.6. The van der Waals surface area contributed by atoms with Crippen molar-refractivity contribution in [2.75, 3.05) is 26.7 Å². The van der Waals surface area contributed by atoms with E-state index in [2.05, 4.69) is 15.3 Å². The van der Waals surface area contributed by atoms with Crippen molar-refractivity contribution in [2.24, 2.45) is 0 Å². The highest BCUT2D eigenvalue weighted by Crippen LogP contribution is 2.14. The quantitative estimate of drug-likeness (QED) is 0.735. The average molecular weight is 252 g/mol. The Morgan fingerprint density at radius 1 is 1.61 bits per heavy atom. The molecule has 1 fully saturated rings. The Labute approximate surface area is 105 Å². The van der Waals surface area contributed by atoms with E-state index in [0.717, 1.165) is 12.2 Å². The fourth-order valence-electron chi connectivity index (χ4n) is 1.96. The molecule has 98 valence electrons. The summed E-state index contributed by atoms with van der Waals surface area (Å²) in [6, 6.07) is -0.526. The third kappa shape index (κ3) is 2.93. The second-order valence-corrected chi connectivity index (χ2v) is 4.09. The van der Waals surface area contributed by atoms with Crippen LogP contribution in [0.15, 0.2) is 12.4 Å². The maximum absolute atomic E-state index is 10.9. The van der Waals surface area contributed by atoms with Crippen LogP contribution >= 0.6 is 0 Å². The molecule has 0 aliphatic carbocycles. The first-order chi connectivity index (χ1) is 8.70. The molecule has 0 spiro atoms. The molecule has 18 heavy (non-hydrogen) atoms. The number of carbonyl (C=O) groups is 1. The van der Waals surface area contributed by atoms with Crippen LogP contribution < -0.4 is 10.1 Å². The zero-order valence-corrected chi connectivity index (χ0v) is 10.2. The maximum Gasteiger partial charge on any atom is 0.322 e. The molecule has 0 saturated carbocycles. The Balaban J connectivity index is 2.02. The van der Waals surface area contributed by atoms with Crippen molar-refractivity contribution < 1.29 is 14.6 Å². The number of methoxy groups -OCH3 is 1. The van der Waals surface area contributed by atoms with Gasteiger partial charge in [-0.3, -0.25) is 14.7 Å². The second kappa shape index (κ2) is 5.74. The van der Waals surface area contributed by atoms with Crippen molar-refractivity contribution in [3.63, 3.8) is 0 Å². The zero-order valence-electron chi connectivity index (χ0n) is 10.2. The maximum atomic E-state index is 10.9. The van der Waals surface area contributed by atoms with E-state index in [1.807, 2.05) is 4.90 Å². The summed E-state index contributed by atoms with van der Waals surface area (Å²) in [7, 11) is 1.55. The van der Waals surface area contributed by atoms with Crippen LogP contribution in [0, 0.1) is 0 Å². The van der Waals surface area contributed by atoms with Crippen LogP contribution in [0.3, 0.4) is 0 Å². The van der Waals surface area contributed by atoms with Gasteiger partial charge in [-0.2, -0.15) is 0 Å². The molecule has 0 aromatic carbocycles. The minimum absolute atomic E-state index is 0.453. The standard InChI is InChI=1S/C11H16N4O3/c1-18-10-8(12-2-3-14-10)6-15-5-4-13-9(7-15)11(16)17/h2-3,9,13H,4-7H2,1H3,(H,16,17). The SMILES string of the molecule is COc1nccnc1CN1CCNC(C(=O)O)C1. The van der Waals surface area contributed by atoms with Gasteiger partial charge in [-0.25, -0.2) is 4.98 Å². The van der Waals surface area contributed by atoms with Gasteiger partial charge in [-0.05, 0) is 0 Å². The number of piperazine rings is 1. The lowest BCUT2D eigenvalue weighted by atomic mass is 10.2. The van der Waals surface area contributed by atoms with Crippen LogP contribution in [-0.2, 0) is 11.3 Å². The molecular formula is C11H16N4O3. The van der Waals surface area contributed by atoms with Crippen molar-refractivity contribution in [1.29, 1.82) is 0 Å². The van der Waals surface area contributed by atoms with Gasteiger partial charge in [-0.1, -0.05) is 0 Å². The first-order valence-corrected chi connectivity index (χ1v) is 5.73. The summed E-state index contributed by atoms with van der Waals surface area (Å²) in [6.45, 7) is 2.43. The van der Waals surface area contributed by atoms with Gasteiger partial charge < -0.3 is 15.2 Å².